The predicted octanol–water partition coefficient (Wildman–Crippen LogP) is 0.173. The Balaban J connectivity index is 2.83. The summed E-state index contributed by atoms with van der Waals surface area (Å²) in [6, 6.07) is 5.99. The van der Waals surface area contributed by atoms with E-state index in [-0.39, 0.29) is 0 Å². The summed E-state index contributed by atoms with van der Waals surface area (Å²) in [7, 11) is -1.25. The van der Waals surface area contributed by atoms with Crippen LogP contribution in [0.25, 0.3) is 0 Å². The molecule has 0 unspecified atom stereocenters. The van der Waals surface area contributed by atoms with Crippen molar-refractivity contribution in [3.8, 4) is 0 Å². The zero-order chi connectivity index (χ0) is 9.68. The maximum Gasteiger partial charge on any atom is 0.554 e. The Bertz CT molecular complexity index is 269. The molecule has 0 radical (unpaired) electrons. The van der Waals surface area contributed by atoms with Crippen molar-refractivity contribution in [3.63, 3.8) is 0 Å². The van der Waals surface area contributed by atoms with Gasteiger partial charge in [-0.1, -0.05) is 24.3 Å². The van der Waals surface area contributed by atoms with Crippen LogP contribution in [-0.2, 0) is 9.61 Å². The lowest BCUT2D eigenvalue weighted by atomic mass is 9.80. The minimum Gasteiger partial charge on any atom is -0.298 e. The van der Waals surface area contributed by atoms with Gasteiger partial charge < -0.3 is 0 Å². The van der Waals surface area contributed by atoms with E-state index in [1.54, 1.807) is 0 Å². The molecule has 0 bridgehead atoms. The number of benzene rings is 1. The molecule has 0 saturated heterocycles. The highest BCUT2D eigenvalue weighted by atomic mass is 17.2. The number of rotatable bonds is 4. The number of hydrogen-bond donors (Lipinski definition) is 2. The van der Waals surface area contributed by atoms with E-state index >= 15 is 0 Å². The molecule has 1 aromatic rings. The maximum absolute atomic E-state index is 10.3. The summed E-state index contributed by atoms with van der Waals surface area (Å²) < 4.78 is 0. The molecule has 0 amide bonds. The monoisotopic (exact) mass is 182 g/mol. The normalized spacial score (nSPS) is 9.69. The minimum absolute atomic E-state index is 0.399. The summed E-state index contributed by atoms with van der Waals surface area (Å²) >= 11 is 0. The number of hydrogen-bond acceptors (Lipinski definition) is 5. The van der Waals surface area contributed by atoms with Gasteiger partial charge in [-0.25, -0.2) is 0 Å². The first-order valence-electron chi connectivity index (χ1n) is 3.47. The average Bonchev–Trinajstić information content (AvgIpc) is 2.21. The second-order valence-corrected chi connectivity index (χ2v) is 2.33. The molecule has 0 atom stereocenters. The van der Waals surface area contributed by atoms with Crippen LogP contribution in [0.15, 0.2) is 24.3 Å². The Kier molecular flexibility index (Phi) is 3.60. The van der Waals surface area contributed by atoms with Gasteiger partial charge in [0.2, 0.25) is 0 Å². The van der Waals surface area contributed by atoms with Crippen molar-refractivity contribution in [2.75, 3.05) is 0 Å². The van der Waals surface area contributed by atoms with Gasteiger partial charge in [-0.05, 0) is 5.46 Å². The Morgan fingerprint density at radius 2 is 1.69 bits per heavy atom. The second-order valence-electron chi connectivity index (χ2n) is 2.33. The van der Waals surface area contributed by atoms with Crippen LogP contribution >= 0.6 is 0 Å². The Labute approximate surface area is 74.5 Å². The summed E-state index contributed by atoms with van der Waals surface area (Å²) in [6.45, 7) is 0. The van der Waals surface area contributed by atoms with E-state index in [1.807, 2.05) is 0 Å². The van der Waals surface area contributed by atoms with Crippen molar-refractivity contribution in [3.05, 3.63) is 29.8 Å². The fourth-order valence-electron chi connectivity index (χ4n) is 0.873. The predicted molar refractivity (Wildman–Crippen MR) is 44.6 cm³/mol. The van der Waals surface area contributed by atoms with E-state index in [2.05, 4.69) is 9.61 Å². The quantitative estimate of drug-likeness (QED) is 0.300. The van der Waals surface area contributed by atoms with Crippen molar-refractivity contribution in [1.29, 1.82) is 0 Å². The van der Waals surface area contributed by atoms with Crippen LogP contribution in [0.5, 0.6) is 0 Å². The summed E-state index contributed by atoms with van der Waals surface area (Å²) in [5, 5.41) is 16.5. The van der Waals surface area contributed by atoms with E-state index in [0.717, 1.165) is 0 Å². The lowest BCUT2D eigenvalue weighted by Crippen LogP contribution is -2.34. The molecule has 0 aliphatic heterocycles. The number of carbonyl (C=O) groups is 1. The SMILES string of the molecule is O=Cc1ccc(B(OO)OO)cc1. The molecular weight excluding hydrogens is 175 g/mol. The van der Waals surface area contributed by atoms with E-state index in [4.69, 9.17) is 10.5 Å². The summed E-state index contributed by atoms with van der Waals surface area (Å²) in [4.78, 5) is 17.9. The topological polar surface area (TPSA) is 76.0 Å². The van der Waals surface area contributed by atoms with E-state index in [1.165, 1.54) is 24.3 Å². The number of carbonyl (C=O) groups excluding carboxylic acids is 1. The van der Waals surface area contributed by atoms with Gasteiger partial charge in [-0.2, -0.15) is 0 Å². The van der Waals surface area contributed by atoms with Gasteiger partial charge in [0.25, 0.3) is 0 Å². The molecule has 6 heteroatoms. The Morgan fingerprint density at radius 3 is 2.08 bits per heavy atom. The molecule has 0 aromatic heterocycles. The van der Waals surface area contributed by atoms with Crippen LogP contribution in [-0.4, -0.2) is 23.9 Å². The van der Waals surface area contributed by atoms with Crippen LogP contribution in [0.3, 0.4) is 0 Å². The van der Waals surface area contributed by atoms with Crippen LogP contribution in [0.4, 0.5) is 0 Å². The summed E-state index contributed by atoms with van der Waals surface area (Å²) in [6.07, 6.45) is 0.679. The fourth-order valence-corrected chi connectivity index (χ4v) is 0.873. The third kappa shape index (κ3) is 2.36. The van der Waals surface area contributed by atoms with E-state index < -0.39 is 7.12 Å². The highest BCUT2D eigenvalue weighted by molar-refractivity contribution is 6.60. The smallest absolute Gasteiger partial charge is 0.298 e. The van der Waals surface area contributed by atoms with Crippen molar-refractivity contribution in [2.24, 2.45) is 0 Å². The number of aldehydes is 1. The molecule has 68 valence electrons. The molecule has 0 heterocycles. The van der Waals surface area contributed by atoms with Gasteiger partial charge in [0.1, 0.15) is 6.29 Å². The van der Waals surface area contributed by atoms with Crippen LogP contribution in [0, 0.1) is 0 Å². The zero-order valence-electron chi connectivity index (χ0n) is 6.58. The van der Waals surface area contributed by atoms with Crippen LogP contribution in [0.2, 0.25) is 0 Å². The van der Waals surface area contributed by atoms with Gasteiger partial charge in [0.05, 0.1) is 0 Å². The second kappa shape index (κ2) is 4.73. The zero-order valence-corrected chi connectivity index (χ0v) is 6.58. The molecule has 13 heavy (non-hydrogen) atoms. The molecule has 5 nitrogen and oxygen atoms in total. The van der Waals surface area contributed by atoms with Gasteiger partial charge in [0.15, 0.2) is 0 Å². The molecule has 1 rings (SSSR count). The average molecular weight is 182 g/mol. The van der Waals surface area contributed by atoms with Crippen molar-refractivity contribution >= 4 is 18.9 Å². The highest BCUT2D eigenvalue weighted by Crippen LogP contribution is 1.94. The van der Waals surface area contributed by atoms with Gasteiger partial charge in [-0.15, -0.1) is 0 Å². The Hall–Kier alpha value is -1.21. The third-order valence-corrected chi connectivity index (χ3v) is 1.54. The third-order valence-electron chi connectivity index (χ3n) is 1.54. The molecular formula is C7H7BO5. The lowest BCUT2D eigenvalue weighted by Gasteiger charge is -2.04. The van der Waals surface area contributed by atoms with Gasteiger partial charge in [0, 0.05) is 5.56 Å². The van der Waals surface area contributed by atoms with Crippen molar-refractivity contribution < 1.29 is 24.9 Å². The molecule has 0 aliphatic rings. The largest absolute Gasteiger partial charge is 0.554 e. The molecule has 2 N–H and O–H groups in total. The van der Waals surface area contributed by atoms with Crippen LogP contribution in [0.1, 0.15) is 10.4 Å². The minimum atomic E-state index is -1.25. The van der Waals surface area contributed by atoms with Crippen molar-refractivity contribution in [2.45, 2.75) is 0 Å². The van der Waals surface area contributed by atoms with E-state index in [9.17, 15) is 4.79 Å². The van der Waals surface area contributed by atoms with Crippen LogP contribution < -0.4 is 5.46 Å². The first-order valence-corrected chi connectivity index (χ1v) is 3.47. The first-order chi connectivity index (χ1) is 6.31. The first kappa shape index (κ1) is 9.88. The molecule has 0 fully saturated rings. The van der Waals surface area contributed by atoms with E-state index in [0.29, 0.717) is 17.3 Å². The maximum atomic E-state index is 10.3. The molecule has 0 spiro atoms. The standard InChI is InChI=1S/C7H7BO5/c9-5-6-1-3-7(4-2-6)8(12-10)13-11/h1-5,10-11H. The molecule has 0 aliphatic carbocycles. The highest BCUT2D eigenvalue weighted by Gasteiger charge is 2.21. The van der Waals surface area contributed by atoms with Gasteiger partial charge >= 0.3 is 7.12 Å². The van der Waals surface area contributed by atoms with Gasteiger partial charge in [-0.3, -0.25) is 24.9 Å². The summed E-state index contributed by atoms with van der Waals surface area (Å²) in [5.41, 5.74) is 0.883. The molecule has 1 aromatic carbocycles. The lowest BCUT2D eigenvalue weighted by molar-refractivity contribution is -0.221. The summed E-state index contributed by atoms with van der Waals surface area (Å²) in [5.74, 6) is 0. The fraction of sp³-hybridized carbons (Fsp3) is 0. The Morgan fingerprint density at radius 1 is 1.15 bits per heavy atom. The molecule has 0 saturated carbocycles. The van der Waals surface area contributed by atoms with Crippen molar-refractivity contribution in [1.82, 2.24) is 0 Å².